The van der Waals surface area contributed by atoms with Crippen LogP contribution in [0.4, 0.5) is 6.01 Å². The zero-order valence-electron chi connectivity index (χ0n) is 9.82. The highest BCUT2D eigenvalue weighted by molar-refractivity contribution is 5.17. The third-order valence-corrected chi connectivity index (χ3v) is 2.54. The van der Waals surface area contributed by atoms with Gasteiger partial charge in [-0.25, -0.2) is 0 Å². The molecule has 0 saturated heterocycles. The van der Waals surface area contributed by atoms with Gasteiger partial charge in [0.2, 0.25) is 5.89 Å². The predicted octanol–water partition coefficient (Wildman–Crippen LogP) is 1.79. The molecule has 86 valence electrons. The number of anilines is 1. The highest BCUT2D eigenvalue weighted by Gasteiger charge is 2.11. The first kappa shape index (κ1) is 12.0. The first-order chi connectivity index (χ1) is 7.00. The Labute approximate surface area is 90.4 Å². The van der Waals surface area contributed by atoms with Gasteiger partial charge in [0.25, 0.3) is 0 Å². The van der Waals surface area contributed by atoms with Crippen LogP contribution in [0.3, 0.4) is 0 Å². The molecule has 3 N–H and O–H groups in total. The van der Waals surface area contributed by atoms with Gasteiger partial charge in [0, 0.05) is 6.54 Å². The van der Waals surface area contributed by atoms with Crippen molar-refractivity contribution in [1.82, 2.24) is 10.2 Å². The highest BCUT2D eigenvalue weighted by Crippen LogP contribution is 2.14. The lowest BCUT2D eigenvalue weighted by Crippen LogP contribution is -2.16. The Morgan fingerprint density at radius 2 is 1.93 bits per heavy atom. The van der Waals surface area contributed by atoms with E-state index < -0.39 is 0 Å². The number of aromatic nitrogens is 2. The topological polar surface area (TPSA) is 77.0 Å². The van der Waals surface area contributed by atoms with E-state index in [0.717, 1.165) is 6.54 Å². The van der Waals surface area contributed by atoms with Crippen LogP contribution >= 0.6 is 0 Å². The monoisotopic (exact) mass is 212 g/mol. The van der Waals surface area contributed by atoms with Crippen molar-refractivity contribution in [3.63, 3.8) is 0 Å². The smallest absolute Gasteiger partial charge is 0.315 e. The minimum absolute atomic E-state index is 0.212. The Bertz CT molecular complexity index is 295. The molecule has 5 heteroatoms. The molecule has 1 heterocycles. The van der Waals surface area contributed by atoms with E-state index in [1.54, 1.807) is 0 Å². The summed E-state index contributed by atoms with van der Waals surface area (Å²) in [5.74, 6) is 1.67. The van der Waals surface area contributed by atoms with Crippen LogP contribution in [0.25, 0.3) is 0 Å². The van der Waals surface area contributed by atoms with Crippen LogP contribution in [-0.4, -0.2) is 16.7 Å². The molecule has 0 amide bonds. The van der Waals surface area contributed by atoms with Gasteiger partial charge in [0.05, 0.1) is 6.04 Å². The van der Waals surface area contributed by atoms with Crippen molar-refractivity contribution in [3.05, 3.63) is 5.89 Å². The fraction of sp³-hybridized carbons (Fsp3) is 0.800. The quantitative estimate of drug-likeness (QED) is 0.778. The average Bonchev–Trinajstić information content (AvgIpc) is 2.62. The van der Waals surface area contributed by atoms with E-state index in [1.165, 1.54) is 0 Å². The van der Waals surface area contributed by atoms with Crippen LogP contribution < -0.4 is 11.1 Å². The number of hydrogen-bond acceptors (Lipinski definition) is 5. The van der Waals surface area contributed by atoms with Crippen molar-refractivity contribution >= 4 is 6.01 Å². The molecule has 0 aromatic carbocycles. The zero-order chi connectivity index (χ0) is 11.4. The summed E-state index contributed by atoms with van der Waals surface area (Å²) in [4.78, 5) is 0. The molecule has 0 aliphatic rings. The fourth-order valence-electron chi connectivity index (χ4n) is 0.974. The maximum absolute atomic E-state index is 5.61. The molecular weight excluding hydrogens is 192 g/mol. The summed E-state index contributed by atoms with van der Waals surface area (Å²) in [6, 6.07) is 0.241. The Morgan fingerprint density at radius 1 is 1.27 bits per heavy atom. The van der Waals surface area contributed by atoms with Crippen molar-refractivity contribution < 1.29 is 4.42 Å². The largest absolute Gasteiger partial charge is 0.406 e. The second kappa shape index (κ2) is 5.11. The Morgan fingerprint density at radius 3 is 2.40 bits per heavy atom. The maximum Gasteiger partial charge on any atom is 0.315 e. The van der Waals surface area contributed by atoms with Crippen molar-refractivity contribution in [2.75, 3.05) is 11.9 Å². The summed E-state index contributed by atoms with van der Waals surface area (Å²) < 4.78 is 5.32. The average molecular weight is 212 g/mol. The number of rotatable bonds is 5. The van der Waals surface area contributed by atoms with Crippen LogP contribution in [0.5, 0.6) is 0 Å². The van der Waals surface area contributed by atoms with Gasteiger partial charge in [-0.15, -0.1) is 5.10 Å². The van der Waals surface area contributed by atoms with E-state index in [-0.39, 0.29) is 6.04 Å². The first-order valence-corrected chi connectivity index (χ1v) is 5.33. The summed E-state index contributed by atoms with van der Waals surface area (Å²) in [5.41, 5.74) is 5.61. The van der Waals surface area contributed by atoms with E-state index in [9.17, 15) is 0 Å². The van der Waals surface area contributed by atoms with E-state index in [2.05, 4.69) is 36.3 Å². The molecule has 0 saturated carbocycles. The first-order valence-electron chi connectivity index (χ1n) is 5.33. The lowest BCUT2D eigenvalue weighted by molar-refractivity contribution is 0.427. The third-order valence-electron chi connectivity index (χ3n) is 2.54. The summed E-state index contributed by atoms with van der Waals surface area (Å²) in [7, 11) is 0. The minimum atomic E-state index is -0.212. The predicted molar refractivity (Wildman–Crippen MR) is 59.4 cm³/mol. The molecule has 5 nitrogen and oxygen atoms in total. The second-order valence-corrected chi connectivity index (χ2v) is 4.34. The zero-order valence-corrected chi connectivity index (χ0v) is 9.82. The fourth-order valence-corrected chi connectivity index (χ4v) is 0.974. The normalized spacial score (nSPS) is 15.3. The SMILES string of the molecule is CC(N)c1nnc(NCC(C)C(C)C)o1. The second-order valence-electron chi connectivity index (χ2n) is 4.34. The van der Waals surface area contributed by atoms with Crippen LogP contribution in [-0.2, 0) is 0 Å². The summed E-state index contributed by atoms with van der Waals surface area (Å²) >= 11 is 0. The molecule has 2 atom stereocenters. The van der Waals surface area contributed by atoms with E-state index in [4.69, 9.17) is 10.2 Å². The summed E-state index contributed by atoms with van der Waals surface area (Å²) in [6.07, 6.45) is 0. The maximum atomic E-state index is 5.61. The molecule has 0 radical (unpaired) electrons. The van der Waals surface area contributed by atoms with Gasteiger partial charge in [-0.1, -0.05) is 25.9 Å². The summed E-state index contributed by atoms with van der Waals surface area (Å²) in [5, 5.41) is 10.8. The van der Waals surface area contributed by atoms with E-state index in [1.807, 2.05) is 6.92 Å². The molecular formula is C10H20N4O. The van der Waals surface area contributed by atoms with Crippen molar-refractivity contribution in [3.8, 4) is 0 Å². The molecule has 0 aliphatic carbocycles. The highest BCUT2D eigenvalue weighted by atomic mass is 16.4. The molecule has 0 aliphatic heterocycles. The Kier molecular flexibility index (Phi) is 4.08. The number of nitrogens with two attached hydrogens (primary N) is 1. The van der Waals surface area contributed by atoms with Crippen LogP contribution in [0.1, 0.15) is 39.6 Å². The molecule has 2 unspecified atom stereocenters. The summed E-state index contributed by atoms with van der Waals surface area (Å²) in [6.45, 7) is 9.20. The van der Waals surface area contributed by atoms with E-state index in [0.29, 0.717) is 23.7 Å². The van der Waals surface area contributed by atoms with Crippen LogP contribution in [0.2, 0.25) is 0 Å². The van der Waals surface area contributed by atoms with Gasteiger partial charge >= 0.3 is 6.01 Å². The van der Waals surface area contributed by atoms with Crippen LogP contribution in [0, 0.1) is 11.8 Å². The van der Waals surface area contributed by atoms with Crippen molar-refractivity contribution in [2.45, 2.75) is 33.7 Å². The van der Waals surface area contributed by atoms with Gasteiger partial charge in [0.15, 0.2) is 0 Å². The number of hydrogen-bond donors (Lipinski definition) is 2. The van der Waals surface area contributed by atoms with Crippen molar-refractivity contribution in [1.29, 1.82) is 0 Å². The van der Waals surface area contributed by atoms with Gasteiger partial charge < -0.3 is 15.5 Å². The molecule has 1 rings (SSSR count). The molecule has 0 spiro atoms. The minimum Gasteiger partial charge on any atom is -0.406 e. The van der Waals surface area contributed by atoms with Crippen molar-refractivity contribution in [2.24, 2.45) is 17.6 Å². The van der Waals surface area contributed by atoms with Gasteiger partial charge in [-0.2, -0.15) is 0 Å². The van der Waals surface area contributed by atoms with Crippen LogP contribution in [0.15, 0.2) is 4.42 Å². The third kappa shape index (κ3) is 3.51. The van der Waals surface area contributed by atoms with Gasteiger partial charge in [-0.3, -0.25) is 0 Å². The molecule has 15 heavy (non-hydrogen) atoms. The van der Waals surface area contributed by atoms with E-state index >= 15 is 0 Å². The lowest BCUT2D eigenvalue weighted by atomic mass is 9.98. The number of nitrogens with one attached hydrogen (secondary N) is 1. The molecule has 1 aromatic rings. The van der Waals surface area contributed by atoms with Gasteiger partial charge in [0.1, 0.15) is 0 Å². The molecule has 1 aromatic heterocycles. The van der Waals surface area contributed by atoms with Gasteiger partial charge in [-0.05, 0) is 18.8 Å². The Hall–Kier alpha value is -1.10. The standard InChI is InChI=1S/C10H20N4O/c1-6(2)7(3)5-12-10-14-13-9(15-10)8(4)11/h6-8H,5,11H2,1-4H3,(H,12,14). The molecule has 0 fully saturated rings. The lowest BCUT2D eigenvalue weighted by Gasteiger charge is -2.14. The number of nitrogens with zero attached hydrogens (tertiary/aromatic N) is 2. The Balaban J connectivity index is 2.44. The molecule has 0 bridgehead atoms.